The van der Waals surface area contributed by atoms with Crippen LogP contribution in [0.1, 0.15) is 86.0 Å². The first-order valence-electron chi connectivity index (χ1n) is 11.2. The second-order valence-corrected chi connectivity index (χ2v) is 12.3. The number of ketones is 1. The Morgan fingerprint density at radius 1 is 1.04 bits per heavy atom. The standard InChI is InChI=1S/C24H36BrNO2/c1-22(2,3)26-21(28)18-9-8-15-14-6-7-17-20(25)19(27)11-13-23(17,4)16(14)10-12-24(15,18)5/h14-16,18H,6-13H2,1-5H3,(H,26,28)/t14?,15?,16?,18-,23-,24+/m1/s1. The van der Waals surface area contributed by atoms with Crippen molar-refractivity contribution in [2.24, 2.45) is 34.5 Å². The van der Waals surface area contributed by atoms with Crippen LogP contribution in [-0.4, -0.2) is 17.2 Å². The van der Waals surface area contributed by atoms with E-state index in [1.165, 1.54) is 24.8 Å². The van der Waals surface area contributed by atoms with Gasteiger partial charge in [0.1, 0.15) is 0 Å². The highest BCUT2D eigenvalue weighted by Crippen LogP contribution is 2.67. The fourth-order valence-electron chi connectivity index (χ4n) is 7.54. The second kappa shape index (κ2) is 6.68. The molecular formula is C24H36BrNO2. The molecule has 3 fully saturated rings. The number of Topliss-reactive ketones (excluding diaryl/α,β-unsaturated/α-hetero) is 1. The number of carbonyl (C=O) groups excluding carboxylic acids is 2. The topological polar surface area (TPSA) is 46.2 Å². The highest BCUT2D eigenvalue weighted by Gasteiger charge is 2.60. The number of hydrogen-bond acceptors (Lipinski definition) is 2. The van der Waals surface area contributed by atoms with Gasteiger partial charge < -0.3 is 5.32 Å². The molecule has 0 aromatic heterocycles. The largest absolute Gasteiger partial charge is 0.351 e. The summed E-state index contributed by atoms with van der Waals surface area (Å²) >= 11 is 3.65. The lowest BCUT2D eigenvalue weighted by Crippen LogP contribution is -2.53. The molecule has 4 aliphatic carbocycles. The summed E-state index contributed by atoms with van der Waals surface area (Å²) in [5.74, 6) is 2.74. The Morgan fingerprint density at radius 2 is 1.75 bits per heavy atom. The number of fused-ring (bicyclic) bond motifs is 5. The minimum atomic E-state index is -0.165. The molecule has 3 unspecified atom stereocenters. The zero-order valence-corrected chi connectivity index (χ0v) is 19.7. The fraction of sp³-hybridized carbons (Fsp3) is 0.833. The predicted molar refractivity (Wildman–Crippen MR) is 116 cm³/mol. The molecule has 0 saturated heterocycles. The van der Waals surface area contributed by atoms with E-state index in [1.54, 1.807) is 0 Å². The first-order chi connectivity index (χ1) is 13.0. The van der Waals surface area contributed by atoms with Gasteiger partial charge in [0.05, 0.1) is 4.48 Å². The van der Waals surface area contributed by atoms with Crippen LogP contribution in [0.25, 0.3) is 0 Å². The maximum Gasteiger partial charge on any atom is 0.224 e. The number of nitrogens with one attached hydrogen (secondary N) is 1. The van der Waals surface area contributed by atoms with Crippen LogP contribution < -0.4 is 5.32 Å². The lowest BCUT2D eigenvalue weighted by Gasteiger charge is -2.58. The zero-order chi connectivity index (χ0) is 20.5. The Balaban J connectivity index is 1.61. The number of carbonyl (C=O) groups is 2. The third-order valence-corrected chi connectivity index (χ3v) is 9.79. The highest BCUT2D eigenvalue weighted by molar-refractivity contribution is 9.12. The molecule has 156 valence electrons. The van der Waals surface area contributed by atoms with E-state index in [0.29, 0.717) is 30.0 Å². The predicted octanol–water partition coefficient (Wildman–Crippen LogP) is 5.77. The Bertz CT molecular complexity index is 735. The van der Waals surface area contributed by atoms with Gasteiger partial charge in [-0.15, -0.1) is 0 Å². The molecule has 3 saturated carbocycles. The van der Waals surface area contributed by atoms with Gasteiger partial charge in [0.25, 0.3) is 0 Å². The van der Waals surface area contributed by atoms with Gasteiger partial charge in [0.15, 0.2) is 5.78 Å². The van der Waals surface area contributed by atoms with E-state index < -0.39 is 0 Å². The summed E-state index contributed by atoms with van der Waals surface area (Å²) in [5.41, 5.74) is 1.54. The van der Waals surface area contributed by atoms with Gasteiger partial charge >= 0.3 is 0 Å². The van der Waals surface area contributed by atoms with Gasteiger partial charge in [-0.3, -0.25) is 9.59 Å². The minimum absolute atomic E-state index is 0.135. The molecular weight excluding hydrogens is 414 g/mol. The fourth-order valence-corrected chi connectivity index (χ4v) is 8.39. The molecule has 0 aromatic rings. The van der Waals surface area contributed by atoms with E-state index in [4.69, 9.17) is 0 Å². The molecule has 0 heterocycles. The molecule has 28 heavy (non-hydrogen) atoms. The summed E-state index contributed by atoms with van der Waals surface area (Å²) in [6, 6.07) is 0. The zero-order valence-electron chi connectivity index (χ0n) is 18.2. The van der Waals surface area contributed by atoms with Crippen molar-refractivity contribution in [1.82, 2.24) is 5.32 Å². The number of amides is 1. The monoisotopic (exact) mass is 449 g/mol. The smallest absolute Gasteiger partial charge is 0.224 e. The van der Waals surface area contributed by atoms with Crippen molar-refractivity contribution in [3.8, 4) is 0 Å². The van der Waals surface area contributed by atoms with E-state index in [2.05, 4.69) is 55.9 Å². The van der Waals surface area contributed by atoms with Crippen LogP contribution in [-0.2, 0) is 9.59 Å². The summed E-state index contributed by atoms with van der Waals surface area (Å²) in [5, 5.41) is 3.26. The van der Waals surface area contributed by atoms with Crippen molar-refractivity contribution in [1.29, 1.82) is 0 Å². The van der Waals surface area contributed by atoms with E-state index in [0.717, 1.165) is 30.2 Å². The number of allylic oxidation sites excluding steroid dienone is 1. The van der Waals surface area contributed by atoms with Crippen molar-refractivity contribution in [2.45, 2.75) is 91.5 Å². The molecule has 4 aliphatic rings. The third kappa shape index (κ3) is 3.04. The quantitative estimate of drug-likeness (QED) is 0.551. The average Bonchev–Trinajstić information content (AvgIpc) is 2.94. The van der Waals surface area contributed by atoms with Gasteiger partial charge in [-0.25, -0.2) is 0 Å². The SMILES string of the molecule is CC(C)(C)NC(=O)[C@H]1CCC2C3CCC4=C(Br)C(=O)CC[C@]4(C)C3CC[C@@]21C. The number of halogens is 1. The lowest BCUT2D eigenvalue weighted by atomic mass is 9.47. The van der Waals surface area contributed by atoms with Crippen molar-refractivity contribution in [3.05, 3.63) is 10.1 Å². The molecule has 3 nitrogen and oxygen atoms in total. The van der Waals surface area contributed by atoms with Gasteiger partial charge in [-0.1, -0.05) is 13.8 Å². The maximum absolute atomic E-state index is 13.1. The Kier molecular flexibility index (Phi) is 4.92. The maximum atomic E-state index is 13.1. The normalized spacial score (nSPS) is 43.3. The van der Waals surface area contributed by atoms with Crippen LogP contribution in [0.5, 0.6) is 0 Å². The molecule has 0 bridgehead atoms. The number of hydrogen-bond donors (Lipinski definition) is 1. The molecule has 1 N–H and O–H groups in total. The Labute approximate surface area is 178 Å². The summed E-state index contributed by atoms with van der Waals surface area (Å²) in [7, 11) is 0. The van der Waals surface area contributed by atoms with Crippen LogP contribution >= 0.6 is 15.9 Å². The molecule has 1 amide bonds. The first-order valence-corrected chi connectivity index (χ1v) is 12.0. The van der Waals surface area contributed by atoms with E-state index >= 15 is 0 Å². The molecule has 0 aromatic carbocycles. The highest BCUT2D eigenvalue weighted by atomic mass is 79.9. The van der Waals surface area contributed by atoms with Gasteiger partial charge in [-0.2, -0.15) is 0 Å². The summed E-state index contributed by atoms with van der Waals surface area (Å²) < 4.78 is 0.891. The summed E-state index contributed by atoms with van der Waals surface area (Å²) in [4.78, 5) is 25.4. The van der Waals surface area contributed by atoms with Crippen molar-refractivity contribution < 1.29 is 9.59 Å². The van der Waals surface area contributed by atoms with Gasteiger partial charge in [0, 0.05) is 17.9 Å². The summed E-state index contributed by atoms with van der Waals surface area (Å²) in [6.45, 7) is 11.1. The Hall–Kier alpha value is -0.640. The summed E-state index contributed by atoms with van der Waals surface area (Å²) in [6.07, 6.45) is 8.50. The third-order valence-electron chi connectivity index (χ3n) is 8.87. The minimum Gasteiger partial charge on any atom is -0.351 e. The molecule has 4 rings (SSSR count). The Morgan fingerprint density at radius 3 is 2.43 bits per heavy atom. The van der Waals surface area contributed by atoms with Crippen LogP contribution in [0.4, 0.5) is 0 Å². The van der Waals surface area contributed by atoms with Crippen molar-refractivity contribution in [2.75, 3.05) is 0 Å². The average molecular weight is 450 g/mol. The lowest BCUT2D eigenvalue weighted by molar-refractivity contribution is -0.134. The molecule has 4 heteroatoms. The van der Waals surface area contributed by atoms with Crippen molar-refractivity contribution >= 4 is 27.6 Å². The van der Waals surface area contributed by atoms with Crippen LogP contribution in [0.15, 0.2) is 10.1 Å². The molecule has 0 radical (unpaired) electrons. The molecule has 6 atom stereocenters. The van der Waals surface area contributed by atoms with E-state index in [-0.39, 0.29) is 28.2 Å². The molecule has 0 spiro atoms. The van der Waals surface area contributed by atoms with Gasteiger partial charge in [0.2, 0.25) is 5.91 Å². The van der Waals surface area contributed by atoms with Crippen molar-refractivity contribution in [3.63, 3.8) is 0 Å². The first kappa shape index (κ1) is 20.6. The van der Waals surface area contributed by atoms with Crippen LogP contribution in [0.2, 0.25) is 0 Å². The second-order valence-electron chi connectivity index (χ2n) is 11.5. The van der Waals surface area contributed by atoms with Crippen LogP contribution in [0.3, 0.4) is 0 Å². The van der Waals surface area contributed by atoms with Crippen LogP contribution in [0, 0.1) is 34.5 Å². The van der Waals surface area contributed by atoms with Gasteiger partial charge in [-0.05, 0) is 116 Å². The van der Waals surface area contributed by atoms with E-state index in [9.17, 15) is 9.59 Å². The molecule has 0 aliphatic heterocycles. The van der Waals surface area contributed by atoms with E-state index in [1.807, 2.05) is 0 Å². The number of rotatable bonds is 1.